The lowest BCUT2D eigenvalue weighted by Gasteiger charge is -2.17. The van der Waals surface area contributed by atoms with Crippen LogP contribution in [0.3, 0.4) is 0 Å². The van der Waals surface area contributed by atoms with E-state index in [0.717, 1.165) is 30.1 Å². The van der Waals surface area contributed by atoms with Crippen LogP contribution in [-0.2, 0) is 4.79 Å². The summed E-state index contributed by atoms with van der Waals surface area (Å²) in [6.45, 7) is 2.29. The van der Waals surface area contributed by atoms with Crippen molar-refractivity contribution in [1.82, 2.24) is 4.90 Å². The standard InChI is InChI=1S/C10H14N2OS/c13-9-6-14-10(11-9)12-4-7-2-1-3-8(7)5-12/h7-8H,1-6H2. The molecule has 0 radical (unpaired) electrons. The van der Waals surface area contributed by atoms with Gasteiger partial charge in [-0.05, 0) is 24.7 Å². The number of carbonyl (C=O) groups is 1. The second-order valence-electron chi connectivity index (χ2n) is 4.43. The number of fused-ring (bicyclic) bond motifs is 1. The minimum Gasteiger partial charge on any atom is -0.351 e. The molecule has 14 heavy (non-hydrogen) atoms. The van der Waals surface area contributed by atoms with Gasteiger partial charge in [0, 0.05) is 13.1 Å². The van der Waals surface area contributed by atoms with Crippen molar-refractivity contribution < 1.29 is 4.79 Å². The quantitative estimate of drug-likeness (QED) is 0.605. The van der Waals surface area contributed by atoms with Gasteiger partial charge in [0.25, 0.3) is 5.91 Å². The van der Waals surface area contributed by atoms with E-state index >= 15 is 0 Å². The van der Waals surface area contributed by atoms with Gasteiger partial charge in [0.05, 0.1) is 5.75 Å². The molecule has 0 aromatic carbocycles. The molecule has 2 unspecified atom stereocenters. The van der Waals surface area contributed by atoms with Gasteiger partial charge in [-0.15, -0.1) is 0 Å². The Kier molecular flexibility index (Phi) is 2.04. The third-order valence-corrected chi connectivity index (χ3v) is 4.54. The normalized spacial score (nSPS) is 36.4. The van der Waals surface area contributed by atoms with Crippen molar-refractivity contribution in [2.45, 2.75) is 19.3 Å². The molecule has 2 aliphatic heterocycles. The van der Waals surface area contributed by atoms with Crippen molar-refractivity contribution in [2.24, 2.45) is 16.8 Å². The molecule has 0 N–H and O–H groups in total. The number of rotatable bonds is 0. The lowest BCUT2D eigenvalue weighted by Crippen LogP contribution is -2.26. The molecular formula is C10H14N2OS. The Labute approximate surface area is 87.9 Å². The second-order valence-corrected chi connectivity index (χ2v) is 5.38. The zero-order valence-electron chi connectivity index (χ0n) is 8.11. The average Bonchev–Trinajstić information content (AvgIpc) is 2.75. The molecule has 4 heteroatoms. The van der Waals surface area contributed by atoms with Gasteiger partial charge in [0.2, 0.25) is 0 Å². The van der Waals surface area contributed by atoms with Gasteiger partial charge in [0.1, 0.15) is 0 Å². The van der Waals surface area contributed by atoms with Crippen LogP contribution in [0, 0.1) is 11.8 Å². The van der Waals surface area contributed by atoms with Crippen molar-refractivity contribution in [1.29, 1.82) is 0 Å². The van der Waals surface area contributed by atoms with E-state index in [1.165, 1.54) is 19.3 Å². The number of thioether (sulfide) groups is 1. The first-order valence-electron chi connectivity index (χ1n) is 5.32. The fourth-order valence-electron chi connectivity index (χ4n) is 2.85. The van der Waals surface area contributed by atoms with Crippen LogP contribution >= 0.6 is 11.8 Å². The Morgan fingerprint density at radius 3 is 2.57 bits per heavy atom. The summed E-state index contributed by atoms with van der Waals surface area (Å²) in [4.78, 5) is 17.4. The van der Waals surface area contributed by atoms with Crippen LogP contribution in [0.5, 0.6) is 0 Å². The van der Waals surface area contributed by atoms with Gasteiger partial charge in [-0.2, -0.15) is 4.99 Å². The highest BCUT2D eigenvalue weighted by Crippen LogP contribution is 2.39. The summed E-state index contributed by atoms with van der Waals surface area (Å²) >= 11 is 1.61. The highest BCUT2D eigenvalue weighted by atomic mass is 32.2. The molecule has 1 amide bonds. The number of hydrogen-bond donors (Lipinski definition) is 0. The van der Waals surface area contributed by atoms with E-state index in [2.05, 4.69) is 9.89 Å². The maximum absolute atomic E-state index is 11.0. The first-order chi connectivity index (χ1) is 6.83. The summed E-state index contributed by atoms with van der Waals surface area (Å²) in [6, 6.07) is 0. The lowest BCUT2D eigenvalue weighted by molar-refractivity contribution is -0.115. The molecule has 0 bridgehead atoms. The highest BCUT2D eigenvalue weighted by Gasteiger charge is 2.38. The van der Waals surface area contributed by atoms with Crippen LogP contribution in [0.4, 0.5) is 0 Å². The SMILES string of the molecule is O=C1CSC(N2CC3CCCC3C2)=N1. The highest BCUT2D eigenvalue weighted by molar-refractivity contribution is 8.14. The van der Waals surface area contributed by atoms with Gasteiger partial charge in [-0.1, -0.05) is 18.2 Å². The van der Waals surface area contributed by atoms with Gasteiger partial charge in [0.15, 0.2) is 5.17 Å². The summed E-state index contributed by atoms with van der Waals surface area (Å²) in [5.74, 6) is 2.37. The summed E-state index contributed by atoms with van der Waals surface area (Å²) in [6.07, 6.45) is 4.17. The predicted molar refractivity (Wildman–Crippen MR) is 57.3 cm³/mol. The number of nitrogens with zero attached hydrogens (tertiary/aromatic N) is 2. The van der Waals surface area contributed by atoms with Gasteiger partial charge < -0.3 is 4.90 Å². The molecule has 2 fully saturated rings. The van der Waals surface area contributed by atoms with Gasteiger partial charge in [-0.3, -0.25) is 4.79 Å². The van der Waals surface area contributed by atoms with Crippen molar-refractivity contribution >= 4 is 22.8 Å². The van der Waals surface area contributed by atoms with E-state index in [9.17, 15) is 4.79 Å². The third kappa shape index (κ3) is 1.36. The van der Waals surface area contributed by atoms with Crippen molar-refractivity contribution in [3.63, 3.8) is 0 Å². The molecule has 1 saturated carbocycles. The molecule has 3 nitrogen and oxygen atoms in total. The molecule has 1 saturated heterocycles. The summed E-state index contributed by atoms with van der Waals surface area (Å²) in [7, 11) is 0. The number of likely N-dealkylation sites (tertiary alicyclic amines) is 1. The number of carbonyl (C=O) groups excluding carboxylic acids is 1. The summed E-state index contributed by atoms with van der Waals surface area (Å²) < 4.78 is 0. The van der Waals surface area contributed by atoms with Gasteiger partial charge in [-0.25, -0.2) is 0 Å². The molecule has 1 aliphatic carbocycles. The molecule has 76 valence electrons. The fraction of sp³-hybridized carbons (Fsp3) is 0.800. The van der Waals surface area contributed by atoms with Crippen LogP contribution in [0.1, 0.15) is 19.3 Å². The largest absolute Gasteiger partial charge is 0.351 e. The minimum atomic E-state index is 0.0436. The lowest BCUT2D eigenvalue weighted by atomic mass is 10.0. The van der Waals surface area contributed by atoms with Crippen LogP contribution in [0.15, 0.2) is 4.99 Å². The van der Waals surface area contributed by atoms with E-state index in [1.807, 2.05) is 0 Å². The van der Waals surface area contributed by atoms with Crippen LogP contribution in [0.2, 0.25) is 0 Å². The Hall–Kier alpha value is -0.510. The molecule has 3 rings (SSSR count). The molecule has 0 spiro atoms. The average molecular weight is 210 g/mol. The maximum atomic E-state index is 11.0. The zero-order valence-corrected chi connectivity index (χ0v) is 8.92. The van der Waals surface area contributed by atoms with Crippen LogP contribution in [-0.4, -0.2) is 34.8 Å². The van der Waals surface area contributed by atoms with Crippen molar-refractivity contribution in [2.75, 3.05) is 18.8 Å². The first-order valence-corrected chi connectivity index (χ1v) is 6.31. The second kappa shape index (κ2) is 3.26. The molecule has 2 atom stereocenters. The van der Waals surface area contributed by atoms with E-state index in [0.29, 0.717) is 5.75 Å². The Balaban J connectivity index is 1.71. The smallest absolute Gasteiger partial charge is 0.258 e. The molecule has 0 aromatic heterocycles. The van der Waals surface area contributed by atoms with E-state index < -0.39 is 0 Å². The monoisotopic (exact) mass is 210 g/mol. The Bertz CT molecular complexity index is 290. The van der Waals surface area contributed by atoms with E-state index in [1.54, 1.807) is 11.8 Å². The molecule has 3 aliphatic rings. The molecular weight excluding hydrogens is 196 g/mol. The van der Waals surface area contributed by atoms with Crippen molar-refractivity contribution in [3.05, 3.63) is 0 Å². The zero-order chi connectivity index (χ0) is 9.54. The fourth-order valence-corrected chi connectivity index (χ4v) is 3.67. The Morgan fingerprint density at radius 1 is 1.29 bits per heavy atom. The number of hydrogen-bond acceptors (Lipinski definition) is 3. The predicted octanol–water partition coefficient (Wildman–Crippen LogP) is 1.35. The maximum Gasteiger partial charge on any atom is 0.258 e. The van der Waals surface area contributed by atoms with Crippen LogP contribution in [0.25, 0.3) is 0 Å². The topological polar surface area (TPSA) is 32.7 Å². The van der Waals surface area contributed by atoms with Crippen LogP contribution < -0.4 is 0 Å². The third-order valence-electron chi connectivity index (χ3n) is 3.54. The number of amides is 1. The number of amidine groups is 1. The van der Waals surface area contributed by atoms with Crippen molar-refractivity contribution in [3.8, 4) is 0 Å². The summed E-state index contributed by atoms with van der Waals surface area (Å²) in [5.41, 5.74) is 0. The minimum absolute atomic E-state index is 0.0436. The van der Waals surface area contributed by atoms with E-state index in [4.69, 9.17) is 0 Å². The Morgan fingerprint density at radius 2 is 2.00 bits per heavy atom. The first kappa shape index (κ1) is 8.77. The molecule has 2 heterocycles. The van der Waals surface area contributed by atoms with Gasteiger partial charge >= 0.3 is 0 Å². The molecule has 0 aromatic rings. The van der Waals surface area contributed by atoms with E-state index in [-0.39, 0.29) is 5.91 Å². The number of aliphatic imine (C=N–C) groups is 1. The summed E-state index contributed by atoms with van der Waals surface area (Å²) in [5, 5.41) is 0.990.